The molecule has 0 saturated carbocycles. The number of hydrogen-bond donors (Lipinski definition) is 0. The lowest BCUT2D eigenvalue weighted by Gasteiger charge is -2.33. The van der Waals surface area contributed by atoms with E-state index in [1.807, 2.05) is 106 Å². The molecule has 0 amide bonds. The maximum Gasteiger partial charge on any atom is 0.0713 e. The van der Waals surface area contributed by atoms with Crippen molar-refractivity contribution in [2.75, 3.05) is 0 Å². The standard InChI is InChI=1S/C25H18.C18H12.C6H6.5C2H6/c1-3-11-19(12-4-1)25(20-13-5-2-6-14-20)23-17-9-7-15-21(23)22-16-8-10-18-24(22)25;1-2-8-14-13(7-1)15-9-3-4-11-17(15)18-12-6-5-10-16(14)18;1-2-4-6-5-3-1;5*1-2/h1-18H;1-12H;1-6H;5*1-2H3. The minimum atomic E-state index is -0.254. The fourth-order valence-electron chi connectivity index (χ4n) is 7.64. The van der Waals surface area contributed by atoms with Crippen LogP contribution in [0.3, 0.4) is 0 Å². The van der Waals surface area contributed by atoms with Crippen molar-refractivity contribution in [2.24, 2.45) is 0 Å². The van der Waals surface area contributed by atoms with Gasteiger partial charge < -0.3 is 0 Å². The lowest BCUT2D eigenvalue weighted by atomic mass is 9.68. The molecule has 0 heteroatoms. The Hall–Kier alpha value is -6.24. The summed E-state index contributed by atoms with van der Waals surface area (Å²) in [6.45, 7) is 20.0. The van der Waals surface area contributed by atoms with Crippen LogP contribution in [0.25, 0.3) is 43.4 Å². The van der Waals surface area contributed by atoms with Gasteiger partial charge in [-0.2, -0.15) is 0 Å². The molecule has 9 aromatic rings. The Kier molecular flexibility index (Phi) is 20.7. The van der Waals surface area contributed by atoms with Crippen LogP contribution in [0.5, 0.6) is 0 Å². The third-order valence-corrected chi connectivity index (χ3v) is 9.68. The smallest absolute Gasteiger partial charge is 0.0683 e. The van der Waals surface area contributed by atoms with Crippen molar-refractivity contribution in [2.45, 2.75) is 74.7 Å². The average Bonchev–Trinajstić information content (AvgIpc) is 3.67. The molecule has 0 aromatic heterocycles. The number of fused-ring (bicyclic) bond motifs is 9. The van der Waals surface area contributed by atoms with E-state index in [1.165, 1.54) is 65.7 Å². The molecule has 0 N–H and O–H groups in total. The maximum absolute atomic E-state index is 2.29. The quantitative estimate of drug-likeness (QED) is 0.153. The van der Waals surface area contributed by atoms with Crippen LogP contribution in [-0.4, -0.2) is 0 Å². The monoisotopic (exact) mass is 775 g/mol. The zero-order valence-corrected chi connectivity index (χ0v) is 37.3. The molecule has 0 saturated heterocycles. The third-order valence-electron chi connectivity index (χ3n) is 9.68. The van der Waals surface area contributed by atoms with Gasteiger partial charge in [0.2, 0.25) is 0 Å². The first-order chi connectivity index (χ1) is 29.4. The molecule has 0 unspecified atom stereocenters. The molecule has 1 aliphatic carbocycles. The van der Waals surface area contributed by atoms with Gasteiger partial charge in [0.25, 0.3) is 0 Å². The Morgan fingerprint density at radius 3 is 0.644 bits per heavy atom. The number of benzene rings is 9. The fourth-order valence-corrected chi connectivity index (χ4v) is 7.64. The highest BCUT2D eigenvalue weighted by molar-refractivity contribution is 6.25. The van der Waals surface area contributed by atoms with Crippen molar-refractivity contribution in [1.82, 2.24) is 0 Å². The second kappa shape index (κ2) is 25.9. The summed E-state index contributed by atoms with van der Waals surface area (Å²) >= 11 is 0. The molecule has 1 aliphatic rings. The predicted molar refractivity (Wildman–Crippen MR) is 266 cm³/mol. The summed E-state index contributed by atoms with van der Waals surface area (Å²) in [7, 11) is 0. The predicted octanol–water partition coefficient (Wildman–Crippen LogP) is 18.0. The summed E-state index contributed by atoms with van der Waals surface area (Å²) in [6.07, 6.45) is 0. The highest BCUT2D eigenvalue weighted by Gasteiger charge is 2.45. The SMILES string of the molecule is CC.CC.CC.CC.CC.c1ccc(C2(c3ccccc3)c3ccccc3-c3ccccc32)cc1.c1ccc2c(c1)c1ccccc1c1ccccc21.c1ccccc1. The van der Waals surface area contributed by atoms with Crippen LogP contribution >= 0.6 is 0 Å². The Balaban J connectivity index is 0.000000239. The lowest BCUT2D eigenvalue weighted by molar-refractivity contribution is 0.768. The highest BCUT2D eigenvalue weighted by Crippen LogP contribution is 2.55. The molecule has 0 fully saturated rings. The molecule has 9 aromatic carbocycles. The number of rotatable bonds is 2. The molecule has 0 bridgehead atoms. The summed E-state index contributed by atoms with van der Waals surface area (Å²) in [6, 6.07) is 77.4. The van der Waals surface area contributed by atoms with Crippen molar-refractivity contribution in [3.63, 3.8) is 0 Å². The van der Waals surface area contributed by atoms with E-state index in [0.29, 0.717) is 0 Å². The average molecular weight is 775 g/mol. The largest absolute Gasteiger partial charge is 0.0713 e. The van der Waals surface area contributed by atoms with E-state index in [4.69, 9.17) is 0 Å². The molecule has 0 atom stereocenters. The highest BCUT2D eigenvalue weighted by atomic mass is 14.5. The second-order valence-corrected chi connectivity index (χ2v) is 12.4. The third kappa shape index (κ3) is 10.4. The first-order valence-electron chi connectivity index (χ1n) is 22.0. The van der Waals surface area contributed by atoms with Gasteiger partial charge in [0.1, 0.15) is 0 Å². The van der Waals surface area contributed by atoms with Gasteiger partial charge in [-0.3, -0.25) is 0 Å². The molecule has 0 nitrogen and oxygen atoms in total. The molecule has 0 radical (unpaired) electrons. The molecule has 0 heterocycles. The van der Waals surface area contributed by atoms with Crippen LogP contribution in [-0.2, 0) is 5.41 Å². The minimum absolute atomic E-state index is 0.254. The molecule has 0 spiro atoms. The van der Waals surface area contributed by atoms with Gasteiger partial charge in [-0.05, 0) is 65.7 Å². The summed E-state index contributed by atoms with van der Waals surface area (Å²) in [5.41, 5.74) is 7.80. The van der Waals surface area contributed by atoms with Crippen molar-refractivity contribution in [3.8, 4) is 11.1 Å². The lowest BCUT2D eigenvalue weighted by Crippen LogP contribution is -2.28. The molecule has 0 aliphatic heterocycles. The molecule has 10 rings (SSSR count). The minimum Gasteiger partial charge on any atom is -0.0683 e. The Morgan fingerprint density at radius 1 is 0.203 bits per heavy atom. The van der Waals surface area contributed by atoms with E-state index in [9.17, 15) is 0 Å². The second-order valence-electron chi connectivity index (χ2n) is 12.4. The molecular formula is C59H66. The van der Waals surface area contributed by atoms with Crippen LogP contribution in [0.2, 0.25) is 0 Å². The zero-order chi connectivity index (χ0) is 42.9. The Bertz CT molecular complexity index is 2140. The number of hydrogen-bond acceptors (Lipinski definition) is 0. The fraction of sp³-hybridized carbons (Fsp3) is 0.186. The maximum atomic E-state index is 2.29. The summed E-state index contributed by atoms with van der Waals surface area (Å²) < 4.78 is 0. The van der Waals surface area contributed by atoms with Gasteiger partial charge in [-0.15, -0.1) is 0 Å². The van der Waals surface area contributed by atoms with E-state index in [2.05, 4.69) is 182 Å². The van der Waals surface area contributed by atoms with Gasteiger partial charge in [0.15, 0.2) is 0 Å². The van der Waals surface area contributed by atoms with Crippen molar-refractivity contribution < 1.29 is 0 Å². The van der Waals surface area contributed by atoms with Gasteiger partial charge in [-0.1, -0.05) is 288 Å². The molecular weight excluding hydrogens is 709 g/mol. The van der Waals surface area contributed by atoms with E-state index < -0.39 is 0 Å². The van der Waals surface area contributed by atoms with Gasteiger partial charge in [0.05, 0.1) is 5.41 Å². The Morgan fingerprint density at radius 2 is 0.390 bits per heavy atom. The first kappa shape index (κ1) is 47.1. The first-order valence-corrected chi connectivity index (χ1v) is 22.0. The summed E-state index contributed by atoms with van der Waals surface area (Å²) in [4.78, 5) is 0. The van der Waals surface area contributed by atoms with Gasteiger partial charge in [-0.25, -0.2) is 0 Å². The Labute approximate surface area is 357 Å². The summed E-state index contributed by atoms with van der Waals surface area (Å²) in [5, 5.41) is 8.04. The zero-order valence-electron chi connectivity index (χ0n) is 37.3. The van der Waals surface area contributed by atoms with E-state index in [1.54, 1.807) is 0 Å². The van der Waals surface area contributed by atoms with Crippen molar-refractivity contribution in [3.05, 3.63) is 241 Å². The van der Waals surface area contributed by atoms with Crippen LogP contribution in [0.4, 0.5) is 0 Å². The van der Waals surface area contributed by atoms with Crippen LogP contribution in [0.1, 0.15) is 91.5 Å². The van der Waals surface area contributed by atoms with Gasteiger partial charge >= 0.3 is 0 Å². The van der Waals surface area contributed by atoms with Crippen molar-refractivity contribution >= 4 is 32.3 Å². The molecule has 59 heavy (non-hydrogen) atoms. The normalized spacial score (nSPS) is 10.7. The van der Waals surface area contributed by atoms with E-state index >= 15 is 0 Å². The summed E-state index contributed by atoms with van der Waals surface area (Å²) in [5.74, 6) is 0. The topological polar surface area (TPSA) is 0 Å². The van der Waals surface area contributed by atoms with Crippen molar-refractivity contribution in [1.29, 1.82) is 0 Å². The van der Waals surface area contributed by atoms with Crippen LogP contribution < -0.4 is 0 Å². The van der Waals surface area contributed by atoms with E-state index in [0.717, 1.165) is 0 Å². The van der Waals surface area contributed by atoms with E-state index in [-0.39, 0.29) is 5.41 Å². The van der Waals surface area contributed by atoms with Gasteiger partial charge in [0, 0.05) is 0 Å². The van der Waals surface area contributed by atoms with Crippen LogP contribution in [0, 0.1) is 0 Å². The van der Waals surface area contributed by atoms with Crippen LogP contribution in [0.15, 0.2) is 218 Å². The molecule has 302 valence electrons.